The van der Waals surface area contributed by atoms with Gasteiger partial charge < -0.3 is 14.6 Å². The fourth-order valence-corrected chi connectivity index (χ4v) is 3.63. The molecule has 0 saturated heterocycles. The zero-order chi connectivity index (χ0) is 22.0. The summed E-state index contributed by atoms with van der Waals surface area (Å²) in [6.45, 7) is 3.23. The first-order chi connectivity index (χ1) is 14.9. The summed E-state index contributed by atoms with van der Waals surface area (Å²) < 4.78 is 20.3. The zero-order valence-corrected chi connectivity index (χ0v) is 17.2. The predicted octanol–water partition coefficient (Wildman–Crippen LogP) is 5.18. The Morgan fingerprint density at radius 3 is 2.39 bits per heavy atom. The molecule has 0 unspecified atom stereocenters. The molecule has 0 atom stereocenters. The molecule has 0 radical (unpaired) electrons. The number of carbonyl (C=O) groups is 2. The largest absolute Gasteiger partial charge is 0.452 e. The van der Waals surface area contributed by atoms with Crippen LogP contribution in [0.5, 0.6) is 0 Å². The Labute approximate surface area is 179 Å². The van der Waals surface area contributed by atoms with Crippen molar-refractivity contribution in [3.63, 3.8) is 0 Å². The Morgan fingerprint density at radius 2 is 1.65 bits per heavy atom. The highest BCUT2D eigenvalue weighted by Gasteiger charge is 2.19. The minimum atomic E-state index is -0.588. The van der Waals surface area contributed by atoms with E-state index < -0.39 is 18.5 Å². The summed E-state index contributed by atoms with van der Waals surface area (Å²) in [5.74, 6) is -1.34. The third-order valence-electron chi connectivity index (χ3n) is 5.10. The number of amides is 1. The molecule has 5 nitrogen and oxygen atoms in total. The number of rotatable bonds is 5. The molecule has 0 aliphatic carbocycles. The highest BCUT2D eigenvalue weighted by Crippen LogP contribution is 2.22. The topological polar surface area (TPSA) is 60.3 Å². The number of esters is 1. The van der Waals surface area contributed by atoms with Crippen molar-refractivity contribution in [2.45, 2.75) is 13.8 Å². The van der Waals surface area contributed by atoms with Gasteiger partial charge >= 0.3 is 5.97 Å². The molecular weight excluding hydrogens is 395 g/mol. The van der Waals surface area contributed by atoms with Gasteiger partial charge in [-0.05, 0) is 67.1 Å². The maximum atomic E-state index is 13.2. The van der Waals surface area contributed by atoms with Gasteiger partial charge in [0.25, 0.3) is 5.91 Å². The lowest BCUT2D eigenvalue weighted by Crippen LogP contribution is -2.21. The summed E-state index contributed by atoms with van der Waals surface area (Å²) in [6.07, 6.45) is 0. The van der Waals surface area contributed by atoms with Crippen molar-refractivity contribution in [2.24, 2.45) is 0 Å². The monoisotopic (exact) mass is 416 g/mol. The molecule has 1 amide bonds. The average Bonchev–Trinajstić information content (AvgIpc) is 3.06. The second-order valence-electron chi connectivity index (χ2n) is 7.28. The molecule has 0 fully saturated rings. The van der Waals surface area contributed by atoms with E-state index in [0.29, 0.717) is 16.9 Å². The summed E-state index contributed by atoms with van der Waals surface area (Å²) in [6, 6.07) is 21.1. The molecule has 3 aromatic carbocycles. The van der Waals surface area contributed by atoms with Gasteiger partial charge in [0.2, 0.25) is 0 Å². The highest BCUT2D eigenvalue weighted by atomic mass is 19.1. The van der Waals surface area contributed by atoms with Gasteiger partial charge in [-0.2, -0.15) is 0 Å². The van der Waals surface area contributed by atoms with E-state index in [1.807, 2.05) is 47.9 Å². The zero-order valence-electron chi connectivity index (χ0n) is 17.2. The Kier molecular flexibility index (Phi) is 5.54. The van der Waals surface area contributed by atoms with Gasteiger partial charge in [-0.15, -0.1) is 0 Å². The second-order valence-corrected chi connectivity index (χ2v) is 7.28. The smallest absolute Gasteiger partial charge is 0.340 e. The first-order valence-electron chi connectivity index (χ1n) is 9.83. The van der Waals surface area contributed by atoms with Crippen LogP contribution in [0.4, 0.5) is 10.1 Å². The van der Waals surface area contributed by atoms with Crippen molar-refractivity contribution < 1.29 is 18.7 Å². The van der Waals surface area contributed by atoms with Gasteiger partial charge in [-0.3, -0.25) is 4.79 Å². The first-order valence-corrected chi connectivity index (χ1v) is 9.83. The van der Waals surface area contributed by atoms with Gasteiger partial charge in [0.05, 0.1) is 5.56 Å². The molecule has 6 heteroatoms. The van der Waals surface area contributed by atoms with E-state index in [0.717, 1.165) is 22.2 Å². The van der Waals surface area contributed by atoms with Crippen molar-refractivity contribution >= 4 is 28.3 Å². The van der Waals surface area contributed by atoms with Crippen LogP contribution in [0.25, 0.3) is 16.5 Å². The van der Waals surface area contributed by atoms with Gasteiger partial charge in [0.15, 0.2) is 6.61 Å². The number of ether oxygens (including phenoxy) is 1. The fraction of sp³-hybridized carbons (Fsp3) is 0.120. The summed E-state index contributed by atoms with van der Waals surface area (Å²) in [5, 5.41) is 4.82. The van der Waals surface area contributed by atoms with Gasteiger partial charge in [0.1, 0.15) is 5.82 Å². The van der Waals surface area contributed by atoms with Gasteiger partial charge in [0, 0.05) is 22.8 Å². The van der Waals surface area contributed by atoms with E-state index in [9.17, 15) is 14.0 Å². The molecule has 156 valence electrons. The summed E-state index contributed by atoms with van der Waals surface area (Å²) in [5.41, 5.74) is 3.19. The molecule has 0 aliphatic heterocycles. The van der Waals surface area contributed by atoms with Crippen molar-refractivity contribution in [1.82, 2.24) is 4.57 Å². The van der Waals surface area contributed by atoms with Crippen molar-refractivity contribution in [1.29, 1.82) is 0 Å². The molecule has 0 bridgehead atoms. The molecule has 1 aromatic heterocycles. The molecule has 0 aliphatic rings. The summed E-state index contributed by atoms with van der Waals surface area (Å²) in [7, 11) is 0. The molecule has 0 saturated carbocycles. The first kappa shape index (κ1) is 20.3. The molecule has 4 rings (SSSR count). The minimum Gasteiger partial charge on any atom is -0.452 e. The summed E-state index contributed by atoms with van der Waals surface area (Å²) >= 11 is 0. The number of anilines is 1. The van der Waals surface area contributed by atoms with Gasteiger partial charge in [-0.25, -0.2) is 9.18 Å². The van der Waals surface area contributed by atoms with E-state index in [-0.39, 0.29) is 5.82 Å². The second kappa shape index (κ2) is 8.44. The van der Waals surface area contributed by atoms with Crippen LogP contribution in [0.3, 0.4) is 0 Å². The third kappa shape index (κ3) is 4.33. The lowest BCUT2D eigenvalue weighted by Gasteiger charge is -2.10. The molecule has 1 heterocycles. The number of halogens is 1. The fourth-order valence-electron chi connectivity index (χ4n) is 3.63. The number of nitrogens with zero attached hydrogens (tertiary/aromatic N) is 1. The van der Waals surface area contributed by atoms with Crippen LogP contribution in [0.15, 0.2) is 72.8 Å². The molecule has 4 aromatic rings. The number of hydrogen-bond acceptors (Lipinski definition) is 3. The lowest BCUT2D eigenvalue weighted by molar-refractivity contribution is -0.119. The highest BCUT2D eigenvalue weighted by molar-refractivity contribution is 5.97. The quantitative estimate of drug-likeness (QED) is 0.456. The van der Waals surface area contributed by atoms with Crippen molar-refractivity contribution in [3.05, 3.63) is 95.6 Å². The van der Waals surface area contributed by atoms with E-state index in [4.69, 9.17) is 4.74 Å². The molecule has 31 heavy (non-hydrogen) atoms. The Balaban J connectivity index is 1.43. The van der Waals surface area contributed by atoms with Crippen LogP contribution in [-0.2, 0) is 9.53 Å². The standard InChI is InChI=1S/C25H21FN2O3/c1-16-13-23(17(2)28(16)22-11-8-20(26)9-12-22)25(30)31-15-24(29)27-21-10-7-18-5-3-4-6-19(18)14-21/h3-14H,15H2,1-2H3,(H,27,29). The van der Waals surface area contributed by atoms with E-state index in [2.05, 4.69) is 5.32 Å². The number of aromatic nitrogens is 1. The average molecular weight is 416 g/mol. The number of aryl methyl sites for hydroxylation is 1. The number of hydrogen-bond donors (Lipinski definition) is 1. The van der Waals surface area contributed by atoms with Crippen LogP contribution in [0.1, 0.15) is 21.7 Å². The molecule has 1 N–H and O–H groups in total. The SMILES string of the molecule is Cc1cc(C(=O)OCC(=O)Nc2ccc3ccccc3c2)c(C)n1-c1ccc(F)cc1. The van der Waals surface area contributed by atoms with Crippen LogP contribution < -0.4 is 5.32 Å². The normalized spacial score (nSPS) is 10.8. The van der Waals surface area contributed by atoms with E-state index in [1.165, 1.54) is 12.1 Å². The Bertz CT molecular complexity index is 1280. The minimum absolute atomic E-state index is 0.330. The maximum absolute atomic E-state index is 13.2. The molecule has 0 spiro atoms. The predicted molar refractivity (Wildman–Crippen MR) is 118 cm³/mol. The summed E-state index contributed by atoms with van der Waals surface area (Å²) in [4.78, 5) is 24.8. The number of fused-ring (bicyclic) bond motifs is 1. The maximum Gasteiger partial charge on any atom is 0.340 e. The van der Waals surface area contributed by atoms with Crippen LogP contribution in [-0.4, -0.2) is 23.1 Å². The molecular formula is C25H21FN2O3. The van der Waals surface area contributed by atoms with Gasteiger partial charge in [-0.1, -0.05) is 30.3 Å². The Morgan fingerprint density at radius 1 is 0.935 bits per heavy atom. The van der Waals surface area contributed by atoms with Crippen molar-refractivity contribution in [3.8, 4) is 5.69 Å². The third-order valence-corrected chi connectivity index (χ3v) is 5.10. The number of carbonyl (C=O) groups excluding carboxylic acids is 2. The van der Waals surface area contributed by atoms with Crippen LogP contribution in [0, 0.1) is 19.7 Å². The van der Waals surface area contributed by atoms with E-state index in [1.54, 1.807) is 31.2 Å². The number of nitrogens with one attached hydrogen (secondary N) is 1. The lowest BCUT2D eigenvalue weighted by atomic mass is 10.1. The van der Waals surface area contributed by atoms with E-state index >= 15 is 0 Å². The van der Waals surface area contributed by atoms with Crippen LogP contribution in [0.2, 0.25) is 0 Å². The van der Waals surface area contributed by atoms with Crippen LogP contribution >= 0.6 is 0 Å². The number of benzene rings is 3. The Hall–Kier alpha value is -3.93. The van der Waals surface area contributed by atoms with Crippen molar-refractivity contribution in [2.75, 3.05) is 11.9 Å².